The molecule has 1 aromatic rings. The van der Waals surface area contributed by atoms with Crippen LogP contribution in [-0.4, -0.2) is 4.92 Å². The first-order valence-electron chi connectivity index (χ1n) is 5.65. The van der Waals surface area contributed by atoms with Crippen molar-refractivity contribution in [2.45, 2.75) is 32.6 Å². The zero-order valence-corrected chi connectivity index (χ0v) is 9.56. The first kappa shape index (κ1) is 12.4. The largest absolute Gasteiger partial charge is 0.276 e. The number of hydrogen-bond acceptors (Lipinski definition) is 2. The van der Waals surface area contributed by atoms with Crippen molar-refractivity contribution in [3.63, 3.8) is 0 Å². The van der Waals surface area contributed by atoms with Gasteiger partial charge in [0.1, 0.15) is 0 Å². The summed E-state index contributed by atoms with van der Waals surface area (Å²) in [5, 5.41) is 10.7. The molecular formula is C13H17NO2. The van der Waals surface area contributed by atoms with E-state index in [0.29, 0.717) is 5.56 Å². The normalized spacial score (nSPS) is 10.8. The van der Waals surface area contributed by atoms with E-state index in [0.717, 1.165) is 12.8 Å². The Kier molecular flexibility index (Phi) is 5.26. The van der Waals surface area contributed by atoms with Gasteiger partial charge < -0.3 is 0 Å². The predicted octanol–water partition coefficient (Wildman–Crippen LogP) is 4.19. The fourth-order valence-corrected chi connectivity index (χ4v) is 1.52. The molecule has 0 saturated carbocycles. The van der Waals surface area contributed by atoms with Crippen LogP contribution in [0.1, 0.15) is 38.2 Å². The van der Waals surface area contributed by atoms with Gasteiger partial charge >= 0.3 is 0 Å². The number of unbranched alkanes of at least 4 members (excludes halogenated alkanes) is 3. The minimum Gasteiger partial charge on any atom is -0.258 e. The predicted molar refractivity (Wildman–Crippen MR) is 66.3 cm³/mol. The molecule has 0 aromatic heterocycles. The highest BCUT2D eigenvalue weighted by molar-refractivity contribution is 5.60. The Bertz CT molecular complexity index is 372. The molecule has 16 heavy (non-hydrogen) atoms. The maximum Gasteiger partial charge on any atom is 0.276 e. The number of nitro groups is 1. The zero-order chi connectivity index (χ0) is 11.8. The smallest absolute Gasteiger partial charge is 0.258 e. The minimum atomic E-state index is -0.342. The molecule has 0 saturated heterocycles. The summed E-state index contributed by atoms with van der Waals surface area (Å²) in [6, 6.07) is 6.81. The average molecular weight is 219 g/mol. The lowest BCUT2D eigenvalue weighted by atomic mass is 10.1. The second-order valence-corrected chi connectivity index (χ2v) is 3.71. The first-order valence-corrected chi connectivity index (χ1v) is 5.65. The third kappa shape index (κ3) is 3.85. The van der Waals surface area contributed by atoms with E-state index in [1.807, 2.05) is 18.2 Å². The van der Waals surface area contributed by atoms with Crippen molar-refractivity contribution >= 4 is 11.8 Å². The summed E-state index contributed by atoms with van der Waals surface area (Å²) in [6.45, 7) is 2.16. The highest BCUT2D eigenvalue weighted by Crippen LogP contribution is 2.19. The van der Waals surface area contributed by atoms with E-state index in [1.165, 1.54) is 18.9 Å². The molecule has 0 spiro atoms. The number of para-hydroxylation sites is 1. The summed E-state index contributed by atoms with van der Waals surface area (Å²) >= 11 is 0. The van der Waals surface area contributed by atoms with Gasteiger partial charge in [-0.3, -0.25) is 10.1 Å². The fourth-order valence-electron chi connectivity index (χ4n) is 1.52. The van der Waals surface area contributed by atoms with Crippen LogP contribution in [0.5, 0.6) is 0 Å². The minimum absolute atomic E-state index is 0.175. The molecule has 0 bridgehead atoms. The molecule has 0 aliphatic heterocycles. The molecule has 0 radical (unpaired) electrons. The second-order valence-electron chi connectivity index (χ2n) is 3.71. The molecule has 0 aliphatic rings. The Morgan fingerprint density at radius 2 is 2.06 bits per heavy atom. The van der Waals surface area contributed by atoms with Crippen LogP contribution in [0.4, 0.5) is 5.69 Å². The van der Waals surface area contributed by atoms with Gasteiger partial charge in [0.15, 0.2) is 0 Å². The van der Waals surface area contributed by atoms with Gasteiger partial charge in [-0.05, 0) is 18.9 Å². The van der Waals surface area contributed by atoms with E-state index >= 15 is 0 Å². The maximum absolute atomic E-state index is 10.7. The quantitative estimate of drug-likeness (QED) is 0.409. The van der Waals surface area contributed by atoms with Crippen molar-refractivity contribution in [2.24, 2.45) is 0 Å². The first-order chi connectivity index (χ1) is 7.75. The van der Waals surface area contributed by atoms with E-state index < -0.39 is 0 Å². The van der Waals surface area contributed by atoms with Crippen LogP contribution in [0.15, 0.2) is 30.3 Å². The van der Waals surface area contributed by atoms with Crippen LogP contribution >= 0.6 is 0 Å². The number of hydrogen-bond donors (Lipinski definition) is 0. The van der Waals surface area contributed by atoms with E-state index in [1.54, 1.807) is 12.1 Å². The molecular weight excluding hydrogens is 202 g/mol. The number of benzene rings is 1. The zero-order valence-electron chi connectivity index (χ0n) is 9.56. The van der Waals surface area contributed by atoms with Gasteiger partial charge in [0.2, 0.25) is 0 Å². The molecule has 0 aliphatic carbocycles. The highest BCUT2D eigenvalue weighted by atomic mass is 16.6. The van der Waals surface area contributed by atoms with Crippen LogP contribution in [0, 0.1) is 10.1 Å². The van der Waals surface area contributed by atoms with Gasteiger partial charge in [-0.2, -0.15) is 0 Å². The van der Waals surface area contributed by atoms with E-state index in [4.69, 9.17) is 0 Å². The van der Waals surface area contributed by atoms with E-state index in [2.05, 4.69) is 6.92 Å². The summed E-state index contributed by atoms with van der Waals surface area (Å²) in [4.78, 5) is 10.4. The number of nitrogens with zero attached hydrogens (tertiary/aromatic N) is 1. The Balaban J connectivity index is 2.62. The van der Waals surface area contributed by atoms with Crippen LogP contribution < -0.4 is 0 Å². The van der Waals surface area contributed by atoms with Gasteiger partial charge in [-0.25, -0.2) is 0 Å². The Morgan fingerprint density at radius 1 is 1.31 bits per heavy atom. The molecule has 0 atom stereocenters. The molecule has 0 unspecified atom stereocenters. The number of nitro benzene ring substituents is 1. The lowest BCUT2D eigenvalue weighted by molar-refractivity contribution is -0.385. The van der Waals surface area contributed by atoms with Crippen LogP contribution in [0.25, 0.3) is 6.08 Å². The average Bonchev–Trinajstić information content (AvgIpc) is 2.29. The van der Waals surface area contributed by atoms with E-state index in [-0.39, 0.29) is 10.6 Å². The van der Waals surface area contributed by atoms with Gasteiger partial charge in [0.25, 0.3) is 5.69 Å². The van der Waals surface area contributed by atoms with E-state index in [9.17, 15) is 10.1 Å². The van der Waals surface area contributed by atoms with Crippen molar-refractivity contribution in [3.05, 3.63) is 46.0 Å². The maximum atomic E-state index is 10.7. The lowest BCUT2D eigenvalue weighted by Crippen LogP contribution is -1.90. The monoisotopic (exact) mass is 219 g/mol. The van der Waals surface area contributed by atoms with Gasteiger partial charge in [-0.15, -0.1) is 0 Å². The second kappa shape index (κ2) is 6.77. The van der Waals surface area contributed by atoms with Crippen LogP contribution in [0.2, 0.25) is 0 Å². The standard InChI is InChI=1S/C13H17NO2/c1-2-3-4-5-6-9-12-10-7-8-11-13(12)14(15)16/h6-11H,2-5H2,1H3/b9-6-. The molecule has 0 heterocycles. The van der Waals surface area contributed by atoms with Crippen molar-refractivity contribution < 1.29 is 4.92 Å². The van der Waals surface area contributed by atoms with Gasteiger partial charge in [0, 0.05) is 6.07 Å². The van der Waals surface area contributed by atoms with Crippen LogP contribution in [0.3, 0.4) is 0 Å². The highest BCUT2D eigenvalue weighted by Gasteiger charge is 2.08. The van der Waals surface area contributed by atoms with Crippen molar-refractivity contribution in [2.75, 3.05) is 0 Å². The van der Waals surface area contributed by atoms with Gasteiger partial charge in [0.05, 0.1) is 10.5 Å². The Morgan fingerprint density at radius 3 is 2.75 bits per heavy atom. The number of allylic oxidation sites excluding steroid dienone is 1. The summed E-state index contributed by atoms with van der Waals surface area (Å²) in [6.07, 6.45) is 8.39. The SMILES string of the molecule is CCCCC/C=C\c1ccccc1[N+](=O)[O-]. The summed E-state index contributed by atoms with van der Waals surface area (Å²) < 4.78 is 0. The third-order valence-electron chi connectivity index (χ3n) is 2.41. The molecule has 0 amide bonds. The lowest BCUT2D eigenvalue weighted by Gasteiger charge is -1.96. The summed E-state index contributed by atoms with van der Waals surface area (Å²) in [5.41, 5.74) is 0.859. The third-order valence-corrected chi connectivity index (χ3v) is 2.41. The van der Waals surface area contributed by atoms with Crippen molar-refractivity contribution in [3.8, 4) is 0 Å². The van der Waals surface area contributed by atoms with Crippen LogP contribution in [-0.2, 0) is 0 Å². The molecule has 86 valence electrons. The fraction of sp³-hybridized carbons (Fsp3) is 0.385. The molecule has 1 rings (SSSR count). The molecule has 3 nitrogen and oxygen atoms in total. The molecule has 0 fully saturated rings. The topological polar surface area (TPSA) is 43.1 Å². The molecule has 0 N–H and O–H groups in total. The van der Waals surface area contributed by atoms with Crippen molar-refractivity contribution in [1.29, 1.82) is 0 Å². The summed E-state index contributed by atoms with van der Waals surface area (Å²) in [5.74, 6) is 0. The van der Waals surface area contributed by atoms with Gasteiger partial charge in [-0.1, -0.05) is 44.1 Å². The molecule has 3 heteroatoms. The molecule has 1 aromatic carbocycles. The van der Waals surface area contributed by atoms with Crippen molar-refractivity contribution in [1.82, 2.24) is 0 Å². The Labute approximate surface area is 95.9 Å². The number of rotatable bonds is 6. The summed E-state index contributed by atoms with van der Waals surface area (Å²) in [7, 11) is 0. The Hall–Kier alpha value is -1.64.